The highest BCUT2D eigenvalue weighted by Crippen LogP contribution is 2.33. The standard InChI is InChI=1S/C24H38N4O5/c1-2-3-4-5-6-7-8-9-10-11-12-13-21(30)26-20-14-15-28(24(32)27-20)23-18(16-25)22(31)19(17-29)33-23/h14-15,18-19,22-23,29,31H,2-13,17H2,1H3,(H,26,27,30,32)/t18-,19+,22-,23+/m0/s1. The number of carbonyl (C=O) groups excluding carboxylic acids is 1. The zero-order valence-electron chi connectivity index (χ0n) is 19.6. The van der Waals surface area contributed by atoms with Crippen molar-refractivity contribution >= 4 is 11.7 Å². The van der Waals surface area contributed by atoms with Crippen molar-refractivity contribution in [3.63, 3.8) is 0 Å². The lowest BCUT2D eigenvalue weighted by Gasteiger charge is -2.16. The first-order chi connectivity index (χ1) is 16.0. The van der Waals surface area contributed by atoms with Crippen molar-refractivity contribution in [3.05, 3.63) is 22.7 Å². The fourth-order valence-corrected chi connectivity index (χ4v) is 4.11. The summed E-state index contributed by atoms with van der Waals surface area (Å²) in [5, 5.41) is 31.2. The van der Waals surface area contributed by atoms with Gasteiger partial charge < -0.3 is 20.3 Å². The number of aromatic nitrogens is 2. The summed E-state index contributed by atoms with van der Waals surface area (Å²) >= 11 is 0. The van der Waals surface area contributed by atoms with Gasteiger partial charge in [0.05, 0.1) is 12.7 Å². The van der Waals surface area contributed by atoms with E-state index < -0.39 is 36.7 Å². The highest BCUT2D eigenvalue weighted by Gasteiger charge is 2.45. The molecule has 0 spiro atoms. The van der Waals surface area contributed by atoms with Crippen LogP contribution in [0, 0.1) is 17.2 Å². The van der Waals surface area contributed by atoms with Gasteiger partial charge in [-0.2, -0.15) is 10.2 Å². The number of nitrogens with one attached hydrogen (secondary N) is 1. The summed E-state index contributed by atoms with van der Waals surface area (Å²) in [5.74, 6) is -1.07. The van der Waals surface area contributed by atoms with Gasteiger partial charge in [-0.15, -0.1) is 0 Å². The molecule has 1 saturated heterocycles. The van der Waals surface area contributed by atoms with Crippen molar-refractivity contribution in [2.45, 2.75) is 102 Å². The van der Waals surface area contributed by atoms with Gasteiger partial charge in [-0.05, 0) is 12.5 Å². The Morgan fingerprint density at radius 3 is 2.30 bits per heavy atom. The van der Waals surface area contributed by atoms with Gasteiger partial charge in [0, 0.05) is 12.6 Å². The predicted octanol–water partition coefficient (Wildman–Crippen LogP) is 3.27. The number of aliphatic hydroxyl groups is 2. The second-order valence-electron chi connectivity index (χ2n) is 8.73. The summed E-state index contributed by atoms with van der Waals surface area (Å²) in [4.78, 5) is 28.4. The largest absolute Gasteiger partial charge is 0.394 e. The zero-order chi connectivity index (χ0) is 24.1. The molecule has 0 radical (unpaired) electrons. The molecule has 1 fully saturated rings. The van der Waals surface area contributed by atoms with Crippen molar-refractivity contribution in [1.29, 1.82) is 5.26 Å². The van der Waals surface area contributed by atoms with E-state index in [0.717, 1.165) is 23.8 Å². The maximum absolute atomic E-state index is 12.4. The number of nitriles is 1. The van der Waals surface area contributed by atoms with E-state index in [2.05, 4.69) is 17.2 Å². The number of carbonyl (C=O) groups is 1. The minimum Gasteiger partial charge on any atom is -0.394 e. The highest BCUT2D eigenvalue weighted by molar-refractivity contribution is 5.89. The van der Waals surface area contributed by atoms with Crippen molar-refractivity contribution in [2.75, 3.05) is 11.9 Å². The lowest BCUT2D eigenvalue weighted by atomic mass is 10.0. The molecule has 1 aromatic rings. The fraction of sp³-hybridized carbons (Fsp3) is 0.750. The first kappa shape index (κ1) is 27.0. The molecule has 0 saturated carbocycles. The van der Waals surface area contributed by atoms with Gasteiger partial charge in [-0.3, -0.25) is 9.36 Å². The number of nitrogens with zero attached hydrogens (tertiary/aromatic N) is 3. The van der Waals surface area contributed by atoms with Gasteiger partial charge in [-0.1, -0.05) is 71.1 Å². The third kappa shape index (κ3) is 8.54. The van der Waals surface area contributed by atoms with Gasteiger partial charge in [0.25, 0.3) is 0 Å². The lowest BCUT2D eigenvalue weighted by molar-refractivity contribution is -0.116. The monoisotopic (exact) mass is 462 g/mol. The smallest absolute Gasteiger partial charge is 0.351 e. The summed E-state index contributed by atoms with van der Waals surface area (Å²) in [6, 6.07) is 3.37. The third-order valence-electron chi connectivity index (χ3n) is 6.08. The fourth-order valence-electron chi connectivity index (χ4n) is 4.11. The predicted molar refractivity (Wildman–Crippen MR) is 124 cm³/mol. The number of rotatable bonds is 15. The molecule has 2 heterocycles. The molecule has 1 aromatic heterocycles. The second kappa shape index (κ2) is 14.8. The van der Waals surface area contributed by atoms with Crippen LogP contribution in [0.1, 0.15) is 90.2 Å². The zero-order valence-corrected chi connectivity index (χ0v) is 19.6. The molecule has 0 bridgehead atoms. The molecule has 184 valence electrons. The van der Waals surface area contributed by atoms with Crippen LogP contribution < -0.4 is 11.0 Å². The van der Waals surface area contributed by atoms with Crippen molar-refractivity contribution in [1.82, 2.24) is 9.55 Å². The minimum absolute atomic E-state index is 0.134. The van der Waals surface area contributed by atoms with Crippen molar-refractivity contribution in [2.24, 2.45) is 5.92 Å². The van der Waals surface area contributed by atoms with Crippen LogP contribution in [0.4, 0.5) is 5.82 Å². The Morgan fingerprint density at radius 2 is 1.76 bits per heavy atom. The van der Waals surface area contributed by atoms with E-state index in [1.807, 2.05) is 6.07 Å². The summed E-state index contributed by atoms with van der Waals surface area (Å²) in [6.07, 6.45) is 11.8. The van der Waals surface area contributed by atoms with Gasteiger partial charge in [0.1, 0.15) is 23.9 Å². The maximum atomic E-state index is 12.4. The van der Waals surface area contributed by atoms with Gasteiger partial charge in [0.2, 0.25) is 5.91 Å². The Labute approximate surface area is 195 Å². The summed E-state index contributed by atoms with van der Waals surface area (Å²) in [7, 11) is 0. The average Bonchev–Trinajstić information content (AvgIpc) is 3.12. The molecule has 0 aromatic carbocycles. The Kier molecular flexibility index (Phi) is 12.1. The van der Waals surface area contributed by atoms with E-state index in [9.17, 15) is 25.1 Å². The Hall–Kier alpha value is -2.28. The van der Waals surface area contributed by atoms with Crippen LogP contribution in [-0.4, -0.2) is 44.5 Å². The first-order valence-electron chi connectivity index (χ1n) is 12.2. The SMILES string of the molecule is CCCCCCCCCCCCCC(=O)Nc1ccn([C@@H]2O[C@H](CO)[C@@H](O)[C@@H]2C#N)c(=O)n1. The van der Waals surface area contributed by atoms with Crippen LogP contribution in [0.3, 0.4) is 0 Å². The number of hydrogen-bond acceptors (Lipinski definition) is 7. The molecule has 9 heteroatoms. The molecule has 1 amide bonds. The Balaban J connectivity index is 1.69. The molecule has 1 aliphatic rings. The molecular formula is C24H38N4O5. The van der Waals surface area contributed by atoms with E-state index in [0.29, 0.717) is 6.42 Å². The molecule has 33 heavy (non-hydrogen) atoms. The maximum Gasteiger partial charge on any atom is 0.351 e. The second-order valence-corrected chi connectivity index (χ2v) is 8.73. The van der Waals surface area contributed by atoms with Crippen LogP contribution >= 0.6 is 0 Å². The molecule has 0 aliphatic carbocycles. The van der Waals surface area contributed by atoms with Crippen LogP contribution in [0.5, 0.6) is 0 Å². The van der Waals surface area contributed by atoms with Gasteiger partial charge in [0.15, 0.2) is 6.23 Å². The van der Waals surface area contributed by atoms with Crippen LogP contribution in [0.25, 0.3) is 0 Å². The Bertz CT molecular complexity index is 822. The highest BCUT2D eigenvalue weighted by atomic mass is 16.5. The number of aliphatic hydroxyl groups excluding tert-OH is 2. The van der Waals surface area contributed by atoms with Crippen molar-refractivity contribution < 1.29 is 19.7 Å². The summed E-state index contributed by atoms with van der Waals surface area (Å²) in [5.41, 5.74) is -0.710. The molecule has 1 aliphatic heterocycles. The quantitative estimate of drug-likeness (QED) is 0.340. The Morgan fingerprint density at radius 1 is 1.15 bits per heavy atom. The summed E-state index contributed by atoms with van der Waals surface area (Å²) < 4.78 is 6.54. The molecule has 4 atom stereocenters. The number of ether oxygens (including phenoxy) is 1. The van der Waals surface area contributed by atoms with E-state index in [1.165, 1.54) is 63.6 Å². The van der Waals surface area contributed by atoms with E-state index >= 15 is 0 Å². The minimum atomic E-state index is -1.21. The number of unbranched alkanes of at least 4 members (excludes halogenated alkanes) is 10. The first-order valence-corrected chi connectivity index (χ1v) is 12.2. The van der Waals surface area contributed by atoms with E-state index in [1.54, 1.807) is 0 Å². The van der Waals surface area contributed by atoms with E-state index in [4.69, 9.17) is 4.74 Å². The molecule has 9 nitrogen and oxygen atoms in total. The number of anilines is 1. The molecular weight excluding hydrogens is 424 g/mol. The molecule has 3 N–H and O–H groups in total. The lowest BCUT2D eigenvalue weighted by Crippen LogP contribution is -2.32. The van der Waals surface area contributed by atoms with Crippen LogP contribution in [0.15, 0.2) is 17.1 Å². The van der Waals surface area contributed by atoms with Gasteiger partial charge in [-0.25, -0.2) is 4.79 Å². The van der Waals surface area contributed by atoms with Crippen molar-refractivity contribution in [3.8, 4) is 6.07 Å². The summed E-state index contributed by atoms with van der Waals surface area (Å²) in [6.45, 7) is 1.76. The number of amides is 1. The molecule has 0 unspecified atom stereocenters. The van der Waals surface area contributed by atoms with Crippen LogP contribution in [-0.2, 0) is 9.53 Å². The van der Waals surface area contributed by atoms with E-state index in [-0.39, 0.29) is 11.7 Å². The topological polar surface area (TPSA) is 137 Å². The number of hydrogen-bond donors (Lipinski definition) is 3. The molecule has 2 rings (SSSR count). The van der Waals surface area contributed by atoms with Crippen LogP contribution in [0.2, 0.25) is 0 Å². The average molecular weight is 463 g/mol. The van der Waals surface area contributed by atoms with Gasteiger partial charge >= 0.3 is 5.69 Å². The third-order valence-corrected chi connectivity index (χ3v) is 6.08. The normalized spacial score (nSPS) is 22.2.